The van der Waals surface area contributed by atoms with Gasteiger partial charge in [0.2, 0.25) is 16.6 Å². The van der Waals surface area contributed by atoms with Crippen LogP contribution in [0, 0.1) is 0 Å². The summed E-state index contributed by atoms with van der Waals surface area (Å²) in [5.41, 5.74) is 1.51. The van der Waals surface area contributed by atoms with Crippen LogP contribution in [0.4, 0.5) is 11.4 Å². The summed E-state index contributed by atoms with van der Waals surface area (Å²) in [4.78, 5) is 20.1. The first-order valence-corrected chi connectivity index (χ1v) is 13.1. The Kier molecular flexibility index (Phi) is 4.76. The lowest BCUT2D eigenvalue weighted by molar-refractivity contribution is 0.567. The van der Waals surface area contributed by atoms with Gasteiger partial charge in [-0.25, -0.2) is 0 Å². The van der Waals surface area contributed by atoms with Gasteiger partial charge < -0.3 is 9.59 Å². The van der Waals surface area contributed by atoms with Gasteiger partial charge in [0.15, 0.2) is 0 Å². The summed E-state index contributed by atoms with van der Waals surface area (Å²) in [5, 5.41) is 10.4. The standard InChI is InChI=1S/C16H22N2O2Si2/c1-21(2,19)15-9-5-13(6-10-15)17-18-14-7-11-16(12-8-14)22(3,4)20/h5-12,19-20H,1-4H3. The van der Waals surface area contributed by atoms with Crippen LogP contribution in [0.5, 0.6) is 0 Å². The van der Waals surface area contributed by atoms with Gasteiger partial charge in [0.25, 0.3) is 0 Å². The Hall–Kier alpha value is -1.61. The van der Waals surface area contributed by atoms with Crippen molar-refractivity contribution in [1.82, 2.24) is 0 Å². The van der Waals surface area contributed by atoms with Crippen LogP contribution < -0.4 is 10.4 Å². The second-order valence-corrected chi connectivity index (χ2v) is 13.8. The first kappa shape index (κ1) is 16.8. The maximum Gasteiger partial charge on any atom is 0.213 e. The fourth-order valence-corrected chi connectivity index (χ4v) is 3.95. The van der Waals surface area contributed by atoms with Crippen molar-refractivity contribution in [2.45, 2.75) is 26.2 Å². The molecule has 0 fully saturated rings. The van der Waals surface area contributed by atoms with Crippen molar-refractivity contribution in [3.63, 3.8) is 0 Å². The van der Waals surface area contributed by atoms with Crippen molar-refractivity contribution in [3.8, 4) is 0 Å². The van der Waals surface area contributed by atoms with Gasteiger partial charge in [-0.1, -0.05) is 24.3 Å². The summed E-state index contributed by atoms with van der Waals surface area (Å²) in [5.74, 6) is 0. The van der Waals surface area contributed by atoms with Gasteiger partial charge in [-0.05, 0) is 60.8 Å². The van der Waals surface area contributed by atoms with E-state index in [9.17, 15) is 9.59 Å². The lowest BCUT2D eigenvalue weighted by Gasteiger charge is -2.14. The van der Waals surface area contributed by atoms with E-state index in [1.54, 1.807) is 0 Å². The average Bonchev–Trinajstić information content (AvgIpc) is 2.44. The first-order chi connectivity index (χ1) is 10.2. The monoisotopic (exact) mass is 330 g/mol. The molecule has 2 rings (SSSR count). The molecule has 22 heavy (non-hydrogen) atoms. The molecule has 0 aliphatic rings. The van der Waals surface area contributed by atoms with Gasteiger partial charge in [0.05, 0.1) is 11.4 Å². The molecule has 116 valence electrons. The van der Waals surface area contributed by atoms with Crippen molar-refractivity contribution in [1.29, 1.82) is 0 Å². The quantitative estimate of drug-likeness (QED) is 0.669. The van der Waals surface area contributed by atoms with E-state index < -0.39 is 16.6 Å². The second kappa shape index (κ2) is 6.25. The number of azo groups is 1. The highest BCUT2D eigenvalue weighted by molar-refractivity contribution is 6.83. The lowest BCUT2D eigenvalue weighted by Crippen LogP contribution is -2.41. The average molecular weight is 331 g/mol. The summed E-state index contributed by atoms with van der Waals surface area (Å²) in [6.45, 7) is 7.54. The highest BCUT2D eigenvalue weighted by Crippen LogP contribution is 2.17. The molecule has 0 saturated heterocycles. The molecule has 6 heteroatoms. The largest absolute Gasteiger partial charge is 0.428 e. The number of rotatable bonds is 4. The zero-order valence-electron chi connectivity index (χ0n) is 13.4. The van der Waals surface area contributed by atoms with E-state index in [-0.39, 0.29) is 0 Å². The van der Waals surface area contributed by atoms with Crippen LogP contribution in [-0.4, -0.2) is 26.2 Å². The Bertz CT molecular complexity index is 595. The summed E-state index contributed by atoms with van der Waals surface area (Å²) >= 11 is 0. The van der Waals surface area contributed by atoms with Crippen molar-refractivity contribution in [3.05, 3.63) is 48.5 Å². The van der Waals surface area contributed by atoms with Gasteiger partial charge in [-0.3, -0.25) is 0 Å². The third-order valence-corrected chi connectivity index (χ3v) is 6.92. The fraction of sp³-hybridized carbons (Fsp3) is 0.250. The predicted molar refractivity (Wildman–Crippen MR) is 95.7 cm³/mol. The third-order valence-electron chi connectivity index (χ3n) is 3.43. The minimum Gasteiger partial charge on any atom is -0.428 e. The Morgan fingerprint density at radius 2 is 0.864 bits per heavy atom. The van der Waals surface area contributed by atoms with E-state index in [0.717, 1.165) is 21.7 Å². The van der Waals surface area contributed by atoms with Crippen LogP contribution in [0.25, 0.3) is 0 Å². The van der Waals surface area contributed by atoms with E-state index in [2.05, 4.69) is 10.2 Å². The highest BCUT2D eigenvalue weighted by Gasteiger charge is 2.20. The molecule has 4 nitrogen and oxygen atoms in total. The molecule has 0 aliphatic heterocycles. The number of nitrogens with zero attached hydrogens (tertiary/aromatic N) is 2. The van der Waals surface area contributed by atoms with E-state index in [0.29, 0.717) is 0 Å². The van der Waals surface area contributed by atoms with E-state index in [1.165, 1.54) is 0 Å². The Morgan fingerprint density at radius 3 is 1.09 bits per heavy atom. The first-order valence-electron chi connectivity index (χ1n) is 7.24. The minimum absolute atomic E-state index is 0.753. The normalized spacial score (nSPS) is 12.8. The number of hydrogen-bond donors (Lipinski definition) is 2. The van der Waals surface area contributed by atoms with E-state index in [4.69, 9.17) is 0 Å². The molecule has 0 bridgehead atoms. The van der Waals surface area contributed by atoms with Crippen LogP contribution in [0.1, 0.15) is 0 Å². The van der Waals surface area contributed by atoms with Gasteiger partial charge in [-0.15, -0.1) is 0 Å². The lowest BCUT2D eigenvalue weighted by atomic mass is 10.3. The summed E-state index contributed by atoms with van der Waals surface area (Å²) in [7, 11) is -4.52. The zero-order valence-corrected chi connectivity index (χ0v) is 15.4. The van der Waals surface area contributed by atoms with Crippen molar-refractivity contribution in [2.24, 2.45) is 10.2 Å². The van der Waals surface area contributed by atoms with E-state index >= 15 is 0 Å². The molecule has 0 aliphatic carbocycles. The van der Waals surface area contributed by atoms with Crippen LogP contribution in [-0.2, 0) is 0 Å². The van der Waals surface area contributed by atoms with Crippen LogP contribution in [0.3, 0.4) is 0 Å². The van der Waals surface area contributed by atoms with Gasteiger partial charge >= 0.3 is 0 Å². The van der Waals surface area contributed by atoms with Gasteiger partial charge in [-0.2, -0.15) is 10.2 Å². The molecule has 2 aromatic carbocycles. The highest BCUT2D eigenvalue weighted by atomic mass is 28.4. The minimum atomic E-state index is -2.26. The molecule has 0 heterocycles. The molecule has 0 atom stereocenters. The Morgan fingerprint density at radius 1 is 0.591 bits per heavy atom. The SMILES string of the molecule is C[Si](C)(O)c1ccc(N=Nc2ccc([Si](C)(C)O)cc2)cc1. The summed E-state index contributed by atoms with van der Waals surface area (Å²) in [6, 6.07) is 15.1. The van der Waals surface area contributed by atoms with E-state index in [1.807, 2.05) is 74.7 Å². The molecular weight excluding hydrogens is 308 g/mol. The van der Waals surface area contributed by atoms with Gasteiger partial charge in [0.1, 0.15) is 0 Å². The Balaban J connectivity index is 2.12. The van der Waals surface area contributed by atoms with Crippen LogP contribution in [0.15, 0.2) is 58.8 Å². The Labute approximate surface area is 133 Å². The second-order valence-electron chi connectivity index (χ2n) is 6.41. The number of hydrogen-bond acceptors (Lipinski definition) is 4. The summed E-state index contributed by atoms with van der Waals surface area (Å²) in [6.07, 6.45) is 0. The molecule has 0 spiro atoms. The van der Waals surface area contributed by atoms with Crippen LogP contribution >= 0.6 is 0 Å². The van der Waals surface area contributed by atoms with Crippen LogP contribution in [0.2, 0.25) is 26.2 Å². The predicted octanol–water partition coefficient (Wildman–Crippen LogP) is 2.91. The maximum atomic E-state index is 10.0. The topological polar surface area (TPSA) is 65.2 Å². The van der Waals surface area contributed by atoms with Crippen molar-refractivity contribution >= 4 is 38.4 Å². The van der Waals surface area contributed by atoms with Crippen molar-refractivity contribution < 1.29 is 9.59 Å². The molecular formula is C16H22N2O2Si2. The number of benzene rings is 2. The van der Waals surface area contributed by atoms with Crippen molar-refractivity contribution in [2.75, 3.05) is 0 Å². The zero-order chi connectivity index (χ0) is 16.4. The maximum absolute atomic E-state index is 10.0. The third kappa shape index (κ3) is 4.44. The summed E-state index contributed by atoms with van der Waals surface area (Å²) < 4.78 is 0. The molecule has 0 radical (unpaired) electrons. The molecule has 0 amide bonds. The molecule has 0 unspecified atom stereocenters. The molecule has 2 aromatic rings. The molecule has 2 N–H and O–H groups in total. The van der Waals surface area contributed by atoms with Gasteiger partial charge in [0, 0.05) is 0 Å². The molecule has 0 saturated carbocycles. The molecule has 0 aromatic heterocycles. The smallest absolute Gasteiger partial charge is 0.213 e. The fourth-order valence-electron chi connectivity index (χ4n) is 1.99.